The normalized spacial score (nSPS) is 24.0. The Balaban J connectivity index is 1.35. The average molecular weight is 447 g/mol. The maximum Gasteiger partial charge on any atom is 0.240 e. The van der Waals surface area contributed by atoms with Crippen LogP contribution in [0.5, 0.6) is 0 Å². The molecule has 0 unspecified atom stereocenters. The highest BCUT2D eigenvalue weighted by Gasteiger charge is 2.42. The van der Waals surface area contributed by atoms with Gasteiger partial charge in [0.15, 0.2) is 0 Å². The van der Waals surface area contributed by atoms with Gasteiger partial charge in [0.05, 0.1) is 11.3 Å². The molecule has 160 valence electrons. The second kappa shape index (κ2) is 8.69. The lowest BCUT2D eigenvalue weighted by atomic mass is 9.84. The molecule has 2 aliphatic rings. The predicted molar refractivity (Wildman–Crippen MR) is 119 cm³/mol. The molecule has 2 aromatic rings. The third-order valence-corrected chi connectivity index (χ3v) is 8.33. The molecule has 0 spiro atoms. The van der Waals surface area contributed by atoms with Crippen LogP contribution in [-0.4, -0.2) is 20.4 Å². The molecule has 2 bridgehead atoms. The van der Waals surface area contributed by atoms with Crippen LogP contribution in [0.1, 0.15) is 38.2 Å². The van der Waals surface area contributed by atoms with Gasteiger partial charge >= 0.3 is 0 Å². The number of hydrogen-bond donors (Lipinski definition) is 2. The van der Waals surface area contributed by atoms with Gasteiger partial charge in [-0.15, -0.1) is 0 Å². The zero-order chi connectivity index (χ0) is 21.3. The highest BCUT2D eigenvalue weighted by molar-refractivity contribution is 7.89. The molecule has 1 amide bonds. The number of sulfonamides is 1. The van der Waals surface area contributed by atoms with Crippen LogP contribution in [-0.2, 0) is 21.2 Å². The summed E-state index contributed by atoms with van der Waals surface area (Å²) < 4.78 is 28.5. The van der Waals surface area contributed by atoms with Gasteiger partial charge in [0.1, 0.15) is 0 Å². The molecule has 2 saturated carbocycles. The van der Waals surface area contributed by atoms with Crippen LogP contribution in [0.3, 0.4) is 0 Å². The van der Waals surface area contributed by atoms with E-state index in [2.05, 4.69) is 10.0 Å². The van der Waals surface area contributed by atoms with E-state index in [-0.39, 0.29) is 23.3 Å². The van der Waals surface area contributed by atoms with E-state index in [9.17, 15) is 13.2 Å². The number of carbonyl (C=O) groups excluding carboxylic acids is 1. The predicted octanol–water partition coefficient (Wildman–Crippen LogP) is 4.62. The lowest BCUT2D eigenvalue weighted by molar-refractivity contribution is -0.115. The molecular weight excluding hydrogens is 420 g/mol. The number of fused-ring (bicyclic) bond motifs is 2. The number of carbonyl (C=O) groups is 1. The molecule has 7 heteroatoms. The average Bonchev–Trinajstić information content (AvgIpc) is 3.33. The summed E-state index contributed by atoms with van der Waals surface area (Å²) in [4.78, 5) is 12.4. The van der Waals surface area contributed by atoms with Gasteiger partial charge in [0.25, 0.3) is 0 Å². The van der Waals surface area contributed by atoms with Crippen LogP contribution in [0, 0.1) is 17.8 Å². The van der Waals surface area contributed by atoms with Gasteiger partial charge in [0, 0.05) is 16.8 Å². The van der Waals surface area contributed by atoms with Gasteiger partial charge in [-0.3, -0.25) is 4.79 Å². The molecule has 2 aliphatic carbocycles. The maximum absolute atomic E-state index is 12.8. The van der Waals surface area contributed by atoms with Crippen molar-refractivity contribution in [3.63, 3.8) is 0 Å². The summed E-state index contributed by atoms with van der Waals surface area (Å²) in [7, 11) is -3.59. The van der Waals surface area contributed by atoms with Crippen LogP contribution in [0.25, 0.3) is 0 Å². The lowest BCUT2D eigenvalue weighted by Gasteiger charge is -2.28. The highest BCUT2D eigenvalue weighted by Crippen LogP contribution is 2.49. The Bertz CT molecular complexity index is 1010. The summed E-state index contributed by atoms with van der Waals surface area (Å²) in [5.74, 6) is 1.70. The van der Waals surface area contributed by atoms with Crippen molar-refractivity contribution in [1.82, 2.24) is 4.72 Å². The minimum Gasteiger partial charge on any atom is -0.326 e. The zero-order valence-corrected chi connectivity index (χ0v) is 18.5. The molecule has 0 radical (unpaired) electrons. The molecule has 0 saturated heterocycles. The van der Waals surface area contributed by atoms with Crippen molar-refractivity contribution in [2.75, 3.05) is 5.32 Å². The summed E-state index contributed by atoms with van der Waals surface area (Å²) >= 11 is 5.86. The Morgan fingerprint density at radius 2 is 1.77 bits per heavy atom. The van der Waals surface area contributed by atoms with Gasteiger partial charge in [0.2, 0.25) is 15.9 Å². The van der Waals surface area contributed by atoms with Crippen LogP contribution in [0.2, 0.25) is 5.02 Å². The summed E-state index contributed by atoms with van der Waals surface area (Å²) in [6.45, 7) is 1.98. The fraction of sp³-hybridized carbons (Fsp3) is 0.435. The Kier molecular flexibility index (Phi) is 6.19. The van der Waals surface area contributed by atoms with E-state index < -0.39 is 10.0 Å². The molecule has 0 heterocycles. The van der Waals surface area contributed by atoms with Crippen molar-refractivity contribution in [2.45, 2.75) is 50.0 Å². The molecule has 4 rings (SSSR count). The van der Waals surface area contributed by atoms with Gasteiger partial charge in [-0.05, 0) is 85.9 Å². The van der Waals surface area contributed by atoms with Crippen molar-refractivity contribution in [1.29, 1.82) is 0 Å². The van der Waals surface area contributed by atoms with E-state index in [1.807, 2.05) is 6.92 Å². The van der Waals surface area contributed by atoms with E-state index in [0.717, 1.165) is 17.9 Å². The van der Waals surface area contributed by atoms with Crippen molar-refractivity contribution in [2.24, 2.45) is 17.8 Å². The zero-order valence-electron chi connectivity index (χ0n) is 17.0. The quantitative estimate of drug-likeness (QED) is 0.651. The Labute approximate surface area is 183 Å². The third kappa shape index (κ3) is 4.88. The van der Waals surface area contributed by atoms with Crippen molar-refractivity contribution in [3.05, 3.63) is 59.1 Å². The third-order valence-electron chi connectivity index (χ3n) is 6.50. The number of rotatable bonds is 7. The number of hydrogen-bond acceptors (Lipinski definition) is 3. The largest absolute Gasteiger partial charge is 0.326 e. The summed E-state index contributed by atoms with van der Waals surface area (Å²) in [6.07, 6.45) is 5.13. The molecule has 4 atom stereocenters. The van der Waals surface area contributed by atoms with Crippen molar-refractivity contribution >= 4 is 33.2 Å². The smallest absolute Gasteiger partial charge is 0.240 e. The number of nitrogens with one attached hydrogen (secondary N) is 2. The van der Waals surface area contributed by atoms with Gasteiger partial charge in [-0.2, -0.15) is 0 Å². The SMILES string of the molecule is C[C@@H](NS(=O)(=O)c1ccc(NC(=O)Cc2ccc(Cl)cc2)cc1)[C@@H]1C[C@H]2CC[C@H]1C2. The lowest BCUT2D eigenvalue weighted by Crippen LogP contribution is -2.40. The summed E-state index contributed by atoms with van der Waals surface area (Å²) in [5, 5.41) is 3.42. The van der Waals surface area contributed by atoms with Gasteiger partial charge in [-0.1, -0.05) is 30.2 Å². The second-order valence-electron chi connectivity index (χ2n) is 8.62. The molecule has 0 aromatic heterocycles. The maximum atomic E-state index is 12.8. The Morgan fingerprint density at radius 1 is 1.07 bits per heavy atom. The first-order valence-electron chi connectivity index (χ1n) is 10.5. The van der Waals surface area contributed by atoms with Gasteiger partial charge in [-0.25, -0.2) is 13.1 Å². The number of amides is 1. The van der Waals surface area contributed by atoms with E-state index in [1.54, 1.807) is 36.4 Å². The first kappa shape index (κ1) is 21.3. The fourth-order valence-corrected chi connectivity index (χ4v) is 6.44. The van der Waals surface area contributed by atoms with Crippen molar-refractivity contribution in [3.8, 4) is 0 Å². The van der Waals surface area contributed by atoms with Gasteiger partial charge < -0.3 is 5.32 Å². The Hall–Kier alpha value is -1.89. The summed E-state index contributed by atoms with van der Waals surface area (Å²) in [5.41, 5.74) is 1.42. The van der Waals surface area contributed by atoms with E-state index in [4.69, 9.17) is 11.6 Å². The van der Waals surface area contributed by atoms with Crippen LogP contribution in [0.4, 0.5) is 5.69 Å². The topological polar surface area (TPSA) is 75.3 Å². The van der Waals surface area contributed by atoms with E-state index in [0.29, 0.717) is 22.5 Å². The molecule has 30 heavy (non-hydrogen) atoms. The first-order chi connectivity index (χ1) is 14.3. The number of halogens is 1. The highest BCUT2D eigenvalue weighted by atomic mass is 35.5. The van der Waals surface area contributed by atoms with E-state index >= 15 is 0 Å². The molecular formula is C23H27ClN2O3S. The molecule has 5 nitrogen and oxygen atoms in total. The van der Waals surface area contributed by atoms with Crippen molar-refractivity contribution < 1.29 is 13.2 Å². The first-order valence-corrected chi connectivity index (χ1v) is 12.3. The Morgan fingerprint density at radius 3 is 2.37 bits per heavy atom. The van der Waals surface area contributed by atoms with Crippen LogP contribution in [0.15, 0.2) is 53.4 Å². The summed E-state index contributed by atoms with van der Waals surface area (Å²) in [6, 6.07) is 13.3. The minimum absolute atomic E-state index is 0.0657. The molecule has 2 N–H and O–H groups in total. The number of benzene rings is 2. The fourth-order valence-electron chi connectivity index (χ4n) is 5.02. The molecule has 2 fully saturated rings. The van der Waals surface area contributed by atoms with Crippen LogP contribution >= 0.6 is 11.6 Å². The standard InChI is InChI=1S/C23H27ClN2O3S/c1-15(22-13-17-2-5-18(22)12-17)26-30(28,29)21-10-8-20(9-11-21)25-23(27)14-16-3-6-19(24)7-4-16/h3-4,6-11,15,17-18,22,26H,2,5,12-14H2,1H3,(H,25,27)/t15-,17+,18+,22+/m1/s1. The molecule has 0 aliphatic heterocycles. The number of anilines is 1. The van der Waals surface area contributed by atoms with Crippen LogP contribution < -0.4 is 10.0 Å². The monoisotopic (exact) mass is 446 g/mol. The second-order valence-corrected chi connectivity index (χ2v) is 10.8. The molecule has 2 aromatic carbocycles. The van der Waals surface area contributed by atoms with E-state index in [1.165, 1.54) is 31.4 Å². The minimum atomic E-state index is -3.59.